The van der Waals surface area contributed by atoms with E-state index < -0.39 is 0 Å². The molecule has 0 aromatic carbocycles. The number of hydrogen-bond acceptors (Lipinski definition) is 5. The molecule has 6 nitrogen and oxygen atoms in total. The molecule has 0 bridgehead atoms. The molecule has 1 saturated heterocycles. The van der Waals surface area contributed by atoms with Gasteiger partial charge in [0.2, 0.25) is 0 Å². The van der Waals surface area contributed by atoms with Crippen molar-refractivity contribution in [3.05, 3.63) is 23.0 Å². The van der Waals surface area contributed by atoms with Gasteiger partial charge in [-0.2, -0.15) is 0 Å². The lowest BCUT2D eigenvalue weighted by molar-refractivity contribution is 0.0952. The van der Waals surface area contributed by atoms with Crippen LogP contribution in [0.1, 0.15) is 60.8 Å². The molecule has 2 aromatic heterocycles. The number of pyridine rings is 1. The van der Waals surface area contributed by atoms with Gasteiger partial charge in [0.25, 0.3) is 11.6 Å². The molecule has 7 heteroatoms. The Bertz CT molecular complexity index is 723. The number of aryl methyl sites for hydroxylation is 1. The lowest BCUT2D eigenvalue weighted by Crippen LogP contribution is -2.33. The summed E-state index contributed by atoms with van der Waals surface area (Å²) >= 11 is 0. The summed E-state index contributed by atoms with van der Waals surface area (Å²) in [5, 5.41) is 11.2. The van der Waals surface area contributed by atoms with E-state index in [1.165, 1.54) is 12.8 Å². The first kappa shape index (κ1) is 19.7. The highest BCUT2D eigenvalue weighted by Crippen LogP contribution is 2.25. The Morgan fingerprint density at radius 2 is 2.28 bits per heavy atom. The first-order valence-electron chi connectivity index (χ1n) is 8.82. The van der Waals surface area contributed by atoms with Crippen LogP contribution in [-0.2, 0) is 0 Å². The van der Waals surface area contributed by atoms with Crippen molar-refractivity contribution in [2.75, 3.05) is 19.6 Å². The number of halogens is 1. The summed E-state index contributed by atoms with van der Waals surface area (Å²) in [4.78, 5) is 17.2. The lowest BCUT2D eigenvalue weighted by atomic mass is 9.96. The molecule has 1 atom stereocenters. The second kappa shape index (κ2) is 8.63. The summed E-state index contributed by atoms with van der Waals surface area (Å²) < 4.78 is 5.28. The number of piperidine rings is 1. The van der Waals surface area contributed by atoms with E-state index in [2.05, 4.69) is 34.6 Å². The van der Waals surface area contributed by atoms with Crippen molar-refractivity contribution >= 4 is 29.4 Å². The minimum Gasteiger partial charge on any atom is -0.352 e. The molecule has 0 saturated carbocycles. The Hall–Kier alpha value is -1.66. The zero-order chi connectivity index (χ0) is 17.1. The summed E-state index contributed by atoms with van der Waals surface area (Å²) in [5.74, 6) is 0.805. The minimum atomic E-state index is -0.0700. The molecule has 1 aliphatic rings. The molecule has 0 aliphatic carbocycles. The van der Waals surface area contributed by atoms with Gasteiger partial charge in [-0.05, 0) is 57.2 Å². The van der Waals surface area contributed by atoms with Gasteiger partial charge in [-0.15, -0.1) is 12.4 Å². The van der Waals surface area contributed by atoms with E-state index in [4.69, 9.17) is 4.52 Å². The lowest BCUT2D eigenvalue weighted by Gasteiger charge is -2.22. The van der Waals surface area contributed by atoms with Crippen LogP contribution in [0.3, 0.4) is 0 Å². The highest BCUT2D eigenvalue weighted by molar-refractivity contribution is 6.06. The average Bonchev–Trinajstić information content (AvgIpc) is 2.96. The number of fused-ring (bicyclic) bond motifs is 1. The quantitative estimate of drug-likeness (QED) is 0.849. The normalized spacial score (nSPS) is 17.5. The first-order chi connectivity index (χ1) is 11.6. The molecule has 1 fully saturated rings. The molecular formula is C18H27ClN4O2. The Kier molecular flexibility index (Phi) is 6.79. The highest BCUT2D eigenvalue weighted by Gasteiger charge is 2.20. The Morgan fingerprint density at radius 1 is 1.48 bits per heavy atom. The summed E-state index contributed by atoms with van der Waals surface area (Å²) in [5.41, 5.74) is 2.61. The summed E-state index contributed by atoms with van der Waals surface area (Å²) in [6.45, 7) is 8.80. The van der Waals surface area contributed by atoms with Crippen LogP contribution in [0.15, 0.2) is 10.6 Å². The van der Waals surface area contributed by atoms with Crippen LogP contribution in [0.2, 0.25) is 0 Å². The molecule has 25 heavy (non-hydrogen) atoms. The topological polar surface area (TPSA) is 80.0 Å². The third-order valence-corrected chi connectivity index (χ3v) is 4.71. The zero-order valence-electron chi connectivity index (χ0n) is 15.1. The monoisotopic (exact) mass is 366 g/mol. The van der Waals surface area contributed by atoms with Crippen molar-refractivity contribution < 1.29 is 9.32 Å². The van der Waals surface area contributed by atoms with Gasteiger partial charge in [-0.1, -0.05) is 19.0 Å². The molecule has 138 valence electrons. The number of carbonyl (C=O) groups is 1. The zero-order valence-corrected chi connectivity index (χ0v) is 15.9. The molecule has 2 N–H and O–H groups in total. The second-order valence-corrected chi connectivity index (χ2v) is 6.95. The van der Waals surface area contributed by atoms with Crippen LogP contribution < -0.4 is 10.6 Å². The standard InChI is InChI=1S/C18H26N4O2.ClH/c1-11(2)15-9-14(16-12(3)22-24-18(16)21-15)17(23)20-8-6-13-5-4-7-19-10-13;/h9,11,13,19H,4-8,10H2,1-3H3,(H,20,23);1H. The Labute approximate surface area is 154 Å². The van der Waals surface area contributed by atoms with E-state index >= 15 is 0 Å². The van der Waals surface area contributed by atoms with Gasteiger partial charge in [-0.3, -0.25) is 4.79 Å². The SMILES string of the molecule is Cc1noc2nc(C(C)C)cc(C(=O)NCCC3CCCNC3)c12.Cl. The second-order valence-electron chi connectivity index (χ2n) is 6.95. The van der Waals surface area contributed by atoms with Crippen LogP contribution in [0.25, 0.3) is 11.1 Å². The van der Waals surface area contributed by atoms with Gasteiger partial charge in [0.15, 0.2) is 0 Å². The number of carbonyl (C=O) groups excluding carboxylic acids is 1. The van der Waals surface area contributed by atoms with Crippen molar-refractivity contribution in [1.29, 1.82) is 0 Å². The average molecular weight is 367 g/mol. The van der Waals surface area contributed by atoms with E-state index in [1.807, 2.05) is 13.0 Å². The maximum atomic E-state index is 12.7. The predicted molar refractivity (Wildman–Crippen MR) is 100 cm³/mol. The molecule has 2 aromatic rings. The van der Waals surface area contributed by atoms with Crippen LogP contribution in [0.5, 0.6) is 0 Å². The van der Waals surface area contributed by atoms with Gasteiger partial charge in [-0.25, -0.2) is 4.98 Å². The largest absolute Gasteiger partial charge is 0.352 e. The van der Waals surface area contributed by atoms with Crippen LogP contribution >= 0.6 is 12.4 Å². The molecular weight excluding hydrogens is 340 g/mol. The number of hydrogen-bond donors (Lipinski definition) is 2. The number of nitrogens with zero attached hydrogens (tertiary/aromatic N) is 2. The van der Waals surface area contributed by atoms with Crippen LogP contribution in [-0.4, -0.2) is 35.7 Å². The number of rotatable bonds is 5. The van der Waals surface area contributed by atoms with Gasteiger partial charge in [0, 0.05) is 12.2 Å². The first-order valence-corrected chi connectivity index (χ1v) is 8.82. The van der Waals surface area contributed by atoms with E-state index in [9.17, 15) is 4.79 Å². The van der Waals surface area contributed by atoms with E-state index in [0.717, 1.165) is 30.6 Å². The molecule has 1 aliphatic heterocycles. The molecule has 3 rings (SSSR count). The summed E-state index contributed by atoms with van der Waals surface area (Å²) in [6.07, 6.45) is 3.47. The highest BCUT2D eigenvalue weighted by atomic mass is 35.5. The van der Waals surface area contributed by atoms with E-state index in [-0.39, 0.29) is 24.2 Å². The van der Waals surface area contributed by atoms with Crippen molar-refractivity contribution in [2.24, 2.45) is 5.92 Å². The van der Waals surface area contributed by atoms with Crippen molar-refractivity contribution in [3.63, 3.8) is 0 Å². The van der Waals surface area contributed by atoms with Gasteiger partial charge in [0.05, 0.1) is 16.6 Å². The summed E-state index contributed by atoms with van der Waals surface area (Å²) in [7, 11) is 0. The molecule has 1 unspecified atom stereocenters. The van der Waals surface area contributed by atoms with Gasteiger partial charge < -0.3 is 15.2 Å². The predicted octanol–water partition coefficient (Wildman–Crippen LogP) is 3.20. The number of amides is 1. The van der Waals surface area contributed by atoms with Crippen molar-refractivity contribution in [3.8, 4) is 0 Å². The Balaban J connectivity index is 0.00000225. The fourth-order valence-corrected chi connectivity index (χ4v) is 3.24. The summed E-state index contributed by atoms with van der Waals surface area (Å²) in [6, 6.07) is 1.87. The fourth-order valence-electron chi connectivity index (χ4n) is 3.24. The smallest absolute Gasteiger partial charge is 0.259 e. The van der Waals surface area contributed by atoms with E-state index in [0.29, 0.717) is 29.4 Å². The van der Waals surface area contributed by atoms with E-state index in [1.54, 1.807) is 0 Å². The third-order valence-electron chi connectivity index (χ3n) is 4.71. The minimum absolute atomic E-state index is 0. The van der Waals surface area contributed by atoms with Crippen LogP contribution in [0.4, 0.5) is 0 Å². The molecule has 0 spiro atoms. The van der Waals surface area contributed by atoms with Gasteiger partial charge >= 0.3 is 0 Å². The third kappa shape index (κ3) is 4.50. The number of nitrogens with one attached hydrogen (secondary N) is 2. The number of aromatic nitrogens is 2. The van der Waals surface area contributed by atoms with Crippen LogP contribution in [0, 0.1) is 12.8 Å². The molecule has 0 radical (unpaired) electrons. The fraction of sp³-hybridized carbons (Fsp3) is 0.611. The van der Waals surface area contributed by atoms with Gasteiger partial charge in [0.1, 0.15) is 0 Å². The Morgan fingerprint density at radius 3 is 2.96 bits per heavy atom. The van der Waals surface area contributed by atoms with Crippen molar-refractivity contribution in [2.45, 2.75) is 46.0 Å². The molecule has 1 amide bonds. The van der Waals surface area contributed by atoms with Crippen molar-refractivity contribution in [1.82, 2.24) is 20.8 Å². The maximum Gasteiger partial charge on any atom is 0.259 e. The molecule has 3 heterocycles. The maximum absolute atomic E-state index is 12.7.